The second kappa shape index (κ2) is 13.6. The first-order valence-corrected chi connectivity index (χ1v) is 10.5. The molecule has 7 N–H and O–H groups in total. The summed E-state index contributed by atoms with van der Waals surface area (Å²) >= 11 is 0. The molecule has 166 valence electrons. The zero-order valence-corrected chi connectivity index (χ0v) is 17.1. The summed E-state index contributed by atoms with van der Waals surface area (Å²) in [5.41, 5.74) is 5.00. The van der Waals surface area contributed by atoms with Crippen LogP contribution in [0.15, 0.2) is 17.1 Å². The van der Waals surface area contributed by atoms with Crippen molar-refractivity contribution >= 4 is 5.82 Å². The molecule has 0 spiro atoms. The summed E-state index contributed by atoms with van der Waals surface area (Å²) in [4.78, 5) is 16.2. The Bertz CT molecular complexity index is 629. The molecule has 1 saturated heterocycles. The number of ether oxygens (including phenoxy) is 1. The molecular formula is C19H36N6O4. The van der Waals surface area contributed by atoms with Crippen LogP contribution in [-0.2, 0) is 4.74 Å². The van der Waals surface area contributed by atoms with Gasteiger partial charge in [0.1, 0.15) is 18.1 Å². The Morgan fingerprint density at radius 1 is 1.14 bits per heavy atom. The fraction of sp³-hybridized carbons (Fsp3) is 0.789. The minimum Gasteiger partial charge on any atom is -0.394 e. The Balaban J connectivity index is 1.56. The Morgan fingerprint density at radius 2 is 1.83 bits per heavy atom. The highest BCUT2D eigenvalue weighted by Gasteiger charge is 2.34. The second-order valence-electron chi connectivity index (χ2n) is 7.25. The van der Waals surface area contributed by atoms with Crippen LogP contribution in [0.25, 0.3) is 0 Å². The molecule has 29 heavy (non-hydrogen) atoms. The molecule has 1 aromatic rings. The summed E-state index contributed by atoms with van der Waals surface area (Å²) in [7, 11) is 0. The normalized spacial score (nSPS) is 21.6. The van der Waals surface area contributed by atoms with Gasteiger partial charge in [0.2, 0.25) is 0 Å². The van der Waals surface area contributed by atoms with E-state index in [-0.39, 0.29) is 13.0 Å². The molecule has 2 rings (SSSR count). The van der Waals surface area contributed by atoms with Crippen LogP contribution in [0.1, 0.15) is 38.3 Å². The predicted octanol–water partition coefficient (Wildman–Crippen LogP) is -1.01. The van der Waals surface area contributed by atoms with Gasteiger partial charge in [-0.3, -0.25) is 4.57 Å². The van der Waals surface area contributed by atoms with Crippen molar-refractivity contribution in [3.63, 3.8) is 0 Å². The predicted molar refractivity (Wildman–Crippen MR) is 112 cm³/mol. The lowest BCUT2D eigenvalue weighted by Crippen LogP contribution is -2.28. The van der Waals surface area contributed by atoms with Gasteiger partial charge < -0.3 is 36.6 Å². The lowest BCUT2D eigenvalue weighted by Gasteiger charge is -2.14. The van der Waals surface area contributed by atoms with Crippen LogP contribution in [0, 0.1) is 0 Å². The van der Waals surface area contributed by atoms with E-state index in [0.29, 0.717) is 5.82 Å². The average molecular weight is 413 g/mol. The van der Waals surface area contributed by atoms with Crippen LogP contribution in [0.4, 0.5) is 5.82 Å². The van der Waals surface area contributed by atoms with E-state index in [1.165, 1.54) is 4.57 Å². The Kier molecular flexibility index (Phi) is 11.1. The van der Waals surface area contributed by atoms with Gasteiger partial charge >= 0.3 is 5.69 Å². The number of anilines is 1. The fourth-order valence-electron chi connectivity index (χ4n) is 3.19. The molecule has 0 aromatic carbocycles. The van der Waals surface area contributed by atoms with Gasteiger partial charge in [-0.2, -0.15) is 4.98 Å². The molecule has 10 nitrogen and oxygen atoms in total. The third-order valence-corrected chi connectivity index (χ3v) is 4.88. The molecule has 0 aliphatic carbocycles. The van der Waals surface area contributed by atoms with Crippen molar-refractivity contribution in [3.8, 4) is 0 Å². The van der Waals surface area contributed by atoms with Crippen LogP contribution in [0.5, 0.6) is 0 Å². The molecule has 0 bridgehead atoms. The number of nitrogens with one attached hydrogen (secondary N) is 3. The molecule has 0 saturated carbocycles. The number of hydrogen-bond donors (Lipinski definition) is 6. The van der Waals surface area contributed by atoms with Crippen molar-refractivity contribution in [3.05, 3.63) is 22.7 Å². The molecule has 10 heteroatoms. The number of hydrogen-bond acceptors (Lipinski definition) is 9. The lowest BCUT2D eigenvalue weighted by atomic mass is 10.2. The Labute approximate surface area is 171 Å². The quantitative estimate of drug-likeness (QED) is 0.200. The van der Waals surface area contributed by atoms with E-state index < -0.39 is 24.1 Å². The average Bonchev–Trinajstić information content (AvgIpc) is 3.09. The van der Waals surface area contributed by atoms with Crippen LogP contribution < -0.4 is 27.4 Å². The maximum absolute atomic E-state index is 12.2. The molecule has 1 aliphatic rings. The van der Waals surface area contributed by atoms with Crippen molar-refractivity contribution in [1.82, 2.24) is 20.2 Å². The summed E-state index contributed by atoms with van der Waals surface area (Å²) in [6.07, 6.45) is 4.06. The van der Waals surface area contributed by atoms with Crippen molar-refractivity contribution in [2.24, 2.45) is 5.73 Å². The highest BCUT2D eigenvalue weighted by Crippen LogP contribution is 2.27. The van der Waals surface area contributed by atoms with Crippen molar-refractivity contribution in [2.75, 3.05) is 51.2 Å². The first-order chi connectivity index (χ1) is 14.2. The van der Waals surface area contributed by atoms with E-state index in [0.717, 1.165) is 65.0 Å². The van der Waals surface area contributed by atoms with Crippen molar-refractivity contribution in [2.45, 2.75) is 50.5 Å². The third-order valence-electron chi connectivity index (χ3n) is 4.88. The Morgan fingerprint density at radius 3 is 2.45 bits per heavy atom. The van der Waals surface area contributed by atoms with Crippen LogP contribution in [0.3, 0.4) is 0 Å². The zero-order valence-electron chi connectivity index (χ0n) is 17.1. The summed E-state index contributed by atoms with van der Waals surface area (Å²) in [5.74, 6) is 0.520. The van der Waals surface area contributed by atoms with Gasteiger partial charge in [0.25, 0.3) is 0 Å². The van der Waals surface area contributed by atoms with Gasteiger partial charge in [0.15, 0.2) is 0 Å². The molecule has 1 aliphatic heterocycles. The van der Waals surface area contributed by atoms with Gasteiger partial charge in [-0.25, -0.2) is 4.79 Å². The van der Waals surface area contributed by atoms with Gasteiger partial charge in [-0.1, -0.05) is 0 Å². The maximum Gasteiger partial charge on any atom is 0.351 e. The SMILES string of the molecule is NCCCNCCCCNCCCNc1ccn([C@H]2C[C@H](O)[C@@H](CO)O2)c(=O)n1. The fourth-order valence-corrected chi connectivity index (χ4v) is 3.19. The van der Waals surface area contributed by atoms with E-state index in [4.69, 9.17) is 15.6 Å². The van der Waals surface area contributed by atoms with E-state index in [9.17, 15) is 9.90 Å². The summed E-state index contributed by atoms with van der Waals surface area (Å²) in [6, 6.07) is 1.72. The number of aliphatic hydroxyl groups is 2. The summed E-state index contributed by atoms with van der Waals surface area (Å²) < 4.78 is 6.84. The molecule has 0 unspecified atom stereocenters. The number of aromatic nitrogens is 2. The topological polar surface area (TPSA) is 147 Å². The highest BCUT2D eigenvalue weighted by molar-refractivity contribution is 5.31. The molecule has 3 atom stereocenters. The smallest absolute Gasteiger partial charge is 0.351 e. The number of aliphatic hydroxyl groups excluding tert-OH is 2. The first kappa shape index (κ1) is 23.7. The first-order valence-electron chi connectivity index (χ1n) is 10.5. The van der Waals surface area contributed by atoms with E-state index in [2.05, 4.69) is 20.9 Å². The maximum atomic E-state index is 12.2. The van der Waals surface area contributed by atoms with Gasteiger partial charge in [-0.05, 0) is 64.5 Å². The van der Waals surface area contributed by atoms with E-state index in [1.54, 1.807) is 12.3 Å². The van der Waals surface area contributed by atoms with Crippen molar-refractivity contribution in [1.29, 1.82) is 0 Å². The number of nitrogens with zero attached hydrogens (tertiary/aromatic N) is 2. The van der Waals surface area contributed by atoms with Crippen molar-refractivity contribution < 1.29 is 14.9 Å². The molecule has 0 radical (unpaired) electrons. The van der Waals surface area contributed by atoms with Gasteiger partial charge in [0.05, 0.1) is 12.7 Å². The van der Waals surface area contributed by atoms with E-state index >= 15 is 0 Å². The zero-order chi connectivity index (χ0) is 20.9. The molecule has 1 aromatic heterocycles. The van der Waals surface area contributed by atoms with E-state index in [1.807, 2.05) is 0 Å². The van der Waals surface area contributed by atoms with Crippen LogP contribution >= 0.6 is 0 Å². The second-order valence-corrected chi connectivity index (χ2v) is 7.25. The van der Waals surface area contributed by atoms with Crippen LogP contribution in [0.2, 0.25) is 0 Å². The summed E-state index contributed by atoms with van der Waals surface area (Å²) in [5, 5.41) is 28.9. The highest BCUT2D eigenvalue weighted by atomic mass is 16.5. The standard InChI is InChI=1S/C19H36N6O4/c20-6-3-9-21-7-1-2-8-22-10-4-11-23-17-5-12-25(19(28)24-17)18-13-15(27)16(14-26)29-18/h5,12,15-16,18,21-22,26-27H,1-4,6-11,13-14,20H2,(H,23,24,28)/t15-,16+,18+/m0/s1. The molecule has 2 heterocycles. The largest absolute Gasteiger partial charge is 0.394 e. The number of rotatable bonds is 15. The lowest BCUT2D eigenvalue weighted by molar-refractivity contribution is -0.0458. The molecule has 1 fully saturated rings. The Hall–Kier alpha value is -1.56. The van der Waals surface area contributed by atoms with Gasteiger partial charge in [-0.15, -0.1) is 0 Å². The third kappa shape index (κ3) is 8.37. The number of nitrogens with two attached hydrogens (primary N) is 1. The monoisotopic (exact) mass is 412 g/mol. The van der Waals surface area contributed by atoms with Crippen LogP contribution in [-0.4, -0.2) is 77.8 Å². The minimum atomic E-state index is -0.783. The van der Waals surface area contributed by atoms with Gasteiger partial charge in [0, 0.05) is 19.2 Å². The number of unbranched alkanes of at least 4 members (excludes halogenated alkanes) is 1. The molecular weight excluding hydrogens is 376 g/mol. The summed E-state index contributed by atoms with van der Waals surface area (Å²) in [6.45, 7) is 5.10. The minimum absolute atomic E-state index is 0.259. The molecule has 0 amide bonds.